The van der Waals surface area contributed by atoms with Crippen molar-refractivity contribution in [2.45, 2.75) is 39.2 Å². The van der Waals surface area contributed by atoms with Crippen molar-refractivity contribution < 1.29 is 9.53 Å². The lowest BCUT2D eigenvalue weighted by Crippen LogP contribution is -2.23. The number of ether oxygens (including phenoxy) is 1. The molecule has 0 bridgehead atoms. The van der Waals surface area contributed by atoms with Gasteiger partial charge in [-0.3, -0.25) is 4.79 Å². The molecule has 0 amide bonds. The molecule has 0 aliphatic rings. The highest BCUT2D eigenvalue weighted by atomic mass is 16.6. The van der Waals surface area contributed by atoms with Gasteiger partial charge in [0.2, 0.25) is 5.60 Å². The molecule has 0 spiro atoms. The second kappa shape index (κ2) is 3.49. The van der Waals surface area contributed by atoms with E-state index in [0.29, 0.717) is 6.42 Å². The summed E-state index contributed by atoms with van der Waals surface area (Å²) in [6, 6.07) is 0. The van der Waals surface area contributed by atoms with E-state index < -0.39 is 5.60 Å². The van der Waals surface area contributed by atoms with Crippen LogP contribution < -0.4 is 0 Å². The summed E-state index contributed by atoms with van der Waals surface area (Å²) in [5.41, 5.74) is -0.577. The van der Waals surface area contributed by atoms with Crippen molar-refractivity contribution in [3.05, 3.63) is 6.92 Å². The SMILES string of the molecule is [CH2+]C(C)(C)OC(=O)CCC. The van der Waals surface area contributed by atoms with Gasteiger partial charge < -0.3 is 4.74 Å². The van der Waals surface area contributed by atoms with E-state index in [1.165, 1.54) is 0 Å². The molecule has 0 fully saturated rings. The number of hydrogen-bond acceptors (Lipinski definition) is 2. The molecule has 0 aromatic heterocycles. The molecule has 0 aliphatic carbocycles. The first-order chi connectivity index (χ1) is 4.45. The monoisotopic (exact) mass is 143 g/mol. The van der Waals surface area contributed by atoms with Crippen LogP contribution in [-0.2, 0) is 9.53 Å². The summed E-state index contributed by atoms with van der Waals surface area (Å²) in [6.07, 6.45) is 1.31. The molecule has 0 N–H and O–H groups in total. The molecule has 0 aromatic rings. The summed E-state index contributed by atoms with van der Waals surface area (Å²) < 4.78 is 4.93. The fourth-order valence-electron chi connectivity index (χ4n) is 0.563. The molecule has 0 radical (unpaired) electrons. The molecular formula is C8H15O2+. The highest BCUT2D eigenvalue weighted by Crippen LogP contribution is 2.07. The van der Waals surface area contributed by atoms with Crippen LogP contribution in [0.5, 0.6) is 0 Å². The molecule has 2 nitrogen and oxygen atoms in total. The van der Waals surface area contributed by atoms with Gasteiger partial charge in [-0.15, -0.1) is 0 Å². The van der Waals surface area contributed by atoms with Crippen LogP contribution in [0.15, 0.2) is 0 Å². The van der Waals surface area contributed by atoms with Crippen LogP contribution in [0.2, 0.25) is 0 Å². The summed E-state index contributed by atoms with van der Waals surface area (Å²) in [5, 5.41) is 0. The van der Waals surface area contributed by atoms with Gasteiger partial charge in [-0.1, -0.05) is 6.92 Å². The quantitative estimate of drug-likeness (QED) is 0.446. The van der Waals surface area contributed by atoms with E-state index in [9.17, 15) is 4.79 Å². The second-order valence-electron chi connectivity index (χ2n) is 2.98. The highest BCUT2D eigenvalue weighted by Gasteiger charge is 2.22. The summed E-state index contributed by atoms with van der Waals surface area (Å²) in [5.74, 6) is -0.164. The van der Waals surface area contributed by atoms with Crippen LogP contribution in [0.1, 0.15) is 33.6 Å². The van der Waals surface area contributed by atoms with Crippen LogP contribution in [0.4, 0.5) is 0 Å². The van der Waals surface area contributed by atoms with E-state index in [0.717, 1.165) is 6.42 Å². The molecule has 0 heterocycles. The van der Waals surface area contributed by atoms with E-state index in [-0.39, 0.29) is 5.97 Å². The lowest BCUT2D eigenvalue weighted by molar-refractivity contribution is -0.152. The number of carbonyl (C=O) groups is 1. The number of esters is 1. The first-order valence-electron chi connectivity index (χ1n) is 3.53. The van der Waals surface area contributed by atoms with Crippen LogP contribution in [0.3, 0.4) is 0 Å². The average molecular weight is 143 g/mol. The van der Waals surface area contributed by atoms with Crippen molar-refractivity contribution in [2.75, 3.05) is 0 Å². The van der Waals surface area contributed by atoms with Crippen molar-refractivity contribution in [1.29, 1.82) is 0 Å². The van der Waals surface area contributed by atoms with Crippen LogP contribution in [-0.4, -0.2) is 11.6 Å². The fourth-order valence-corrected chi connectivity index (χ4v) is 0.563. The first kappa shape index (κ1) is 9.34. The molecule has 0 aromatic carbocycles. The lowest BCUT2D eigenvalue weighted by atomic mass is 10.2. The molecule has 10 heavy (non-hydrogen) atoms. The summed E-state index contributed by atoms with van der Waals surface area (Å²) in [6.45, 7) is 9.12. The Morgan fingerprint density at radius 1 is 1.60 bits per heavy atom. The third kappa shape index (κ3) is 5.48. The minimum absolute atomic E-state index is 0.164. The maximum Gasteiger partial charge on any atom is 0.309 e. The zero-order valence-electron chi connectivity index (χ0n) is 6.94. The van der Waals surface area contributed by atoms with Crippen LogP contribution >= 0.6 is 0 Å². The first-order valence-corrected chi connectivity index (χ1v) is 3.53. The maximum absolute atomic E-state index is 10.8. The Balaban J connectivity index is 3.58. The molecule has 0 aliphatic heterocycles. The van der Waals surface area contributed by atoms with Gasteiger partial charge in [-0.2, -0.15) is 0 Å². The Morgan fingerprint density at radius 3 is 2.40 bits per heavy atom. The third-order valence-electron chi connectivity index (χ3n) is 0.844. The summed E-state index contributed by atoms with van der Waals surface area (Å²) in [7, 11) is 0. The van der Waals surface area contributed by atoms with Gasteiger partial charge in [-0.05, 0) is 6.42 Å². The lowest BCUT2D eigenvalue weighted by Gasteiger charge is -2.11. The van der Waals surface area contributed by atoms with Crippen molar-refractivity contribution in [3.63, 3.8) is 0 Å². The zero-order valence-corrected chi connectivity index (χ0v) is 6.94. The predicted octanol–water partition coefficient (Wildman–Crippen LogP) is 1.94. The topological polar surface area (TPSA) is 26.3 Å². The van der Waals surface area contributed by atoms with Crippen molar-refractivity contribution >= 4 is 5.97 Å². The number of rotatable bonds is 3. The van der Waals surface area contributed by atoms with E-state index in [4.69, 9.17) is 4.74 Å². The highest BCUT2D eigenvalue weighted by molar-refractivity contribution is 5.69. The van der Waals surface area contributed by atoms with Gasteiger partial charge in [-0.25, -0.2) is 0 Å². The van der Waals surface area contributed by atoms with Gasteiger partial charge in [0.25, 0.3) is 0 Å². The minimum Gasteiger partial charge on any atom is -0.419 e. The summed E-state index contributed by atoms with van der Waals surface area (Å²) in [4.78, 5) is 10.8. The Labute approximate surface area is 62.6 Å². The smallest absolute Gasteiger partial charge is 0.309 e. The van der Waals surface area contributed by atoms with E-state index in [1.54, 1.807) is 13.8 Å². The molecule has 58 valence electrons. The molecule has 0 saturated carbocycles. The van der Waals surface area contributed by atoms with Crippen LogP contribution in [0, 0.1) is 6.92 Å². The fraction of sp³-hybridized carbons (Fsp3) is 0.750. The van der Waals surface area contributed by atoms with E-state index >= 15 is 0 Å². The van der Waals surface area contributed by atoms with Crippen molar-refractivity contribution in [1.82, 2.24) is 0 Å². The maximum atomic E-state index is 10.8. The Hall–Kier alpha value is -0.660. The minimum atomic E-state index is -0.577. The molecule has 2 heteroatoms. The molecule has 0 atom stereocenters. The Morgan fingerprint density at radius 2 is 2.10 bits per heavy atom. The average Bonchev–Trinajstić information content (AvgIpc) is 1.59. The molecule has 0 saturated heterocycles. The van der Waals surface area contributed by atoms with Gasteiger partial charge in [0.1, 0.15) is 6.92 Å². The second-order valence-corrected chi connectivity index (χ2v) is 2.98. The largest absolute Gasteiger partial charge is 0.419 e. The Bertz CT molecular complexity index is 111. The van der Waals surface area contributed by atoms with Gasteiger partial charge in [0.15, 0.2) is 0 Å². The standard InChI is InChI=1S/C8H15O2/c1-5-6-7(9)10-8(2,3)4/h2,5-6H2,1,3-4H3/q+1. The van der Waals surface area contributed by atoms with Crippen molar-refractivity contribution in [3.8, 4) is 0 Å². The normalized spacial score (nSPS) is 11.1. The molecular weight excluding hydrogens is 128 g/mol. The van der Waals surface area contributed by atoms with Gasteiger partial charge >= 0.3 is 5.97 Å². The summed E-state index contributed by atoms with van der Waals surface area (Å²) >= 11 is 0. The molecule has 0 unspecified atom stereocenters. The van der Waals surface area contributed by atoms with Crippen molar-refractivity contribution in [2.24, 2.45) is 0 Å². The van der Waals surface area contributed by atoms with E-state index in [2.05, 4.69) is 6.92 Å². The zero-order chi connectivity index (χ0) is 8.20. The third-order valence-corrected chi connectivity index (χ3v) is 0.844. The van der Waals surface area contributed by atoms with Crippen LogP contribution in [0.25, 0.3) is 0 Å². The van der Waals surface area contributed by atoms with Gasteiger partial charge in [0.05, 0.1) is 0 Å². The molecule has 0 rings (SSSR count). The van der Waals surface area contributed by atoms with E-state index in [1.807, 2.05) is 6.92 Å². The number of carbonyl (C=O) groups excluding carboxylic acids is 1. The predicted molar refractivity (Wildman–Crippen MR) is 40.4 cm³/mol. The Kier molecular flexibility index (Phi) is 3.26. The number of hydrogen-bond donors (Lipinski definition) is 0. The van der Waals surface area contributed by atoms with Gasteiger partial charge in [0, 0.05) is 20.3 Å².